The summed E-state index contributed by atoms with van der Waals surface area (Å²) < 4.78 is 9.38. The molecule has 28 heavy (non-hydrogen) atoms. The van der Waals surface area contributed by atoms with Crippen molar-refractivity contribution in [1.82, 2.24) is 14.3 Å². The lowest BCUT2D eigenvalue weighted by Gasteiger charge is -2.12. The van der Waals surface area contributed by atoms with Gasteiger partial charge >= 0.3 is 0 Å². The lowest BCUT2D eigenvalue weighted by molar-refractivity contribution is -0.112. The number of nitrogens with zero attached hydrogens (tertiary/aromatic N) is 4. The Hall–Kier alpha value is -2.85. The molecule has 1 aliphatic heterocycles. The Morgan fingerprint density at radius 3 is 3.00 bits per heavy atom. The van der Waals surface area contributed by atoms with Crippen LogP contribution in [-0.4, -0.2) is 33.5 Å². The molecule has 1 aliphatic rings. The molecule has 148 valence electrons. The fourth-order valence-electron chi connectivity index (χ4n) is 3.59. The Labute approximate surface area is 165 Å². The van der Waals surface area contributed by atoms with Gasteiger partial charge in [0.05, 0.1) is 12.8 Å². The predicted octanol–water partition coefficient (Wildman–Crippen LogP) is 3.29. The van der Waals surface area contributed by atoms with Crippen LogP contribution in [0.5, 0.6) is 0 Å². The summed E-state index contributed by atoms with van der Waals surface area (Å²) in [6.07, 6.45) is 5.33. The zero-order chi connectivity index (χ0) is 20.1. The fourth-order valence-corrected chi connectivity index (χ4v) is 3.59. The highest BCUT2D eigenvalue weighted by molar-refractivity contribution is 6.09. The van der Waals surface area contributed by atoms with Crippen molar-refractivity contribution >= 4 is 17.8 Å². The van der Waals surface area contributed by atoms with Gasteiger partial charge < -0.3 is 14.6 Å². The highest BCUT2D eigenvalue weighted by Gasteiger charge is 2.19. The number of hydrogen-bond acceptors (Lipinski definition) is 4. The Morgan fingerprint density at radius 2 is 2.32 bits per heavy atom. The molecule has 2 aromatic heterocycles. The zero-order valence-electron chi connectivity index (χ0n) is 16.7. The minimum Gasteiger partial charge on any atom is -0.381 e. The lowest BCUT2D eigenvalue weighted by atomic mass is 10.1. The largest absolute Gasteiger partial charge is 0.381 e. The van der Waals surface area contributed by atoms with E-state index in [2.05, 4.69) is 21.9 Å². The van der Waals surface area contributed by atoms with Crippen molar-refractivity contribution < 1.29 is 9.53 Å². The highest BCUT2D eigenvalue weighted by Crippen LogP contribution is 2.20. The molecule has 2 aromatic rings. The molecule has 0 saturated carbocycles. The Bertz CT molecular complexity index is 910. The van der Waals surface area contributed by atoms with Gasteiger partial charge in [0.25, 0.3) is 5.91 Å². The van der Waals surface area contributed by atoms with Gasteiger partial charge in [0.2, 0.25) is 0 Å². The number of carbonyl (C=O) groups is 1. The van der Waals surface area contributed by atoms with Crippen molar-refractivity contribution in [3.05, 3.63) is 40.9 Å². The molecule has 0 bridgehead atoms. The van der Waals surface area contributed by atoms with Crippen LogP contribution in [0.3, 0.4) is 0 Å². The first kappa shape index (κ1) is 19.9. The maximum Gasteiger partial charge on any atom is 0.267 e. The Balaban J connectivity index is 1.76. The van der Waals surface area contributed by atoms with Crippen LogP contribution >= 0.6 is 0 Å². The second-order valence-corrected chi connectivity index (χ2v) is 7.23. The van der Waals surface area contributed by atoms with E-state index in [1.165, 1.54) is 0 Å². The normalized spacial score (nSPS) is 16.9. The quantitative estimate of drug-likeness (QED) is 0.589. The Morgan fingerprint density at radius 1 is 1.50 bits per heavy atom. The summed E-state index contributed by atoms with van der Waals surface area (Å²) in [6.45, 7) is 9.27. The van der Waals surface area contributed by atoms with Crippen LogP contribution in [-0.2, 0) is 22.6 Å². The highest BCUT2D eigenvalue weighted by atomic mass is 16.5. The predicted molar refractivity (Wildman–Crippen MR) is 108 cm³/mol. The van der Waals surface area contributed by atoms with Crippen molar-refractivity contribution in [2.24, 2.45) is 5.92 Å². The summed E-state index contributed by atoms with van der Waals surface area (Å²) in [4.78, 5) is 12.7. The van der Waals surface area contributed by atoms with Gasteiger partial charge in [-0.2, -0.15) is 10.4 Å². The first-order chi connectivity index (χ1) is 13.5. The average Bonchev–Trinajstić information content (AvgIpc) is 3.39. The van der Waals surface area contributed by atoms with Gasteiger partial charge in [0.15, 0.2) is 0 Å². The van der Waals surface area contributed by atoms with Crippen molar-refractivity contribution in [3.8, 4) is 6.07 Å². The van der Waals surface area contributed by atoms with E-state index in [1.54, 1.807) is 23.0 Å². The summed E-state index contributed by atoms with van der Waals surface area (Å²) in [5, 5.41) is 16.6. The molecule has 0 aliphatic carbocycles. The van der Waals surface area contributed by atoms with Crippen molar-refractivity contribution in [2.75, 3.05) is 18.5 Å². The van der Waals surface area contributed by atoms with Gasteiger partial charge in [-0.3, -0.25) is 4.79 Å². The SMILES string of the molecule is CCCn1c(C)cc(/C=C(\C#N)C(=O)Nc2ccnn2CC2CCOC2)c1C. The molecule has 1 unspecified atom stereocenters. The third-order valence-electron chi connectivity index (χ3n) is 5.14. The van der Waals surface area contributed by atoms with Gasteiger partial charge in [-0.15, -0.1) is 0 Å². The van der Waals surface area contributed by atoms with Gasteiger partial charge in [0, 0.05) is 43.1 Å². The summed E-state index contributed by atoms with van der Waals surface area (Å²) in [7, 11) is 0. The topological polar surface area (TPSA) is 84.9 Å². The molecular formula is C21H27N5O2. The van der Waals surface area contributed by atoms with E-state index in [9.17, 15) is 10.1 Å². The molecule has 3 rings (SSSR count). The van der Waals surface area contributed by atoms with Crippen LogP contribution < -0.4 is 5.32 Å². The monoisotopic (exact) mass is 381 g/mol. The van der Waals surface area contributed by atoms with E-state index >= 15 is 0 Å². The minimum atomic E-state index is -0.424. The van der Waals surface area contributed by atoms with Crippen LogP contribution in [0.4, 0.5) is 5.82 Å². The average molecular weight is 381 g/mol. The molecule has 1 atom stereocenters. The third-order valence-corrected chi connectivity index (χ3v) is 5.14. The number of ether oxygens (including phenoxy) is 1. The first-order valence-electron chi connectivity index (χ1n) is 9.73. The zero-order valence-corrected chi connectivity index (χ0v) is 16.7. The number of aromatic nitrogens is 3. The lowest BCUT2D eigenvalue weighted by Crippen LogP contribution is -2.19. The maximum atomic E-state index is 12.7. The number of nitrogens with one attached hydrogen (secondary N) is 1. The number of rotatable bonds is 7. The molecule has 1 N–H and O–H groups in total. The molecule has 1 fully saturated rings. The molecule has 7 nitrogen and oxygen atoms in total. The maximum absolute atomic E-state index is 12.7. The van der Waals surface area contributed by atoms with Crippen LogP contribution in [0.25, 0.3) is 6.08 Å². The van der Waals surface area contributed by atoms with Crippen LogP contribution in [0.2, 0.25) is 0 Å². The third kappa shape index (κ3) is 4.34. The minimum absolute atomic E-state index is 0.0775. The summed E-state index contributed by atoms with van der Waals surface area (Å²) in [5.41, 5.74) is 3.16. The molecule has 0 aromatic carbocycles. The van der Waals surface area contributed by atoms with Crippen LogP contribution in [0.15, 0.2) is 23.9 Å². The van der Waals surface area contributed by atoms with E-state index in [-0.39, 0.29) is 5.57 Å². The molecule has 1 amide bonds. The van der Waals surface area contributed by atoms with Gasteiger partial charge in [-0.25, -0.2) is 4.68 Å². The number of nitriles is 1. The molecular weight excluding hydrogens is 354 g/mol. The standard InChI is InChI=1S/C21H27N5O2/c1-4-8-25-15(2)10-18(16(25)3)11-19(12-22)21(27)24-20-5-7-23-26(20)13-17-6-9-28-14-17/h5,7,10-11,17H,4,6,8-9,13-14H2,1-3H3,(H,24,27)/b19-11+. The van der Waals surface area contributed by atoms with Crippen molar-refractivity contribution in [3.63, 3.8) is 0 Å². The van der Waals surface area contributed by atoms with E-state index < -0.39 is 5.91 Å². The van der Waals surface area contributed by atoms with Crippen LogP contribution in [0, 0.1) is 31.1 Å². The van der Waals surface area contributed by atoms with Gasteiger partial charge in [-0.1, -0.05) is 6.92 Å². The van der Waals surface area contributed by atoms with Crippen LogP contribution in [0.1, 0.15) is 36.7 Å². The number of hydrogen-bond donors (Lipinski definition) is 1. The molecule has 3 heterocycles. The van der Waals surface area contributed by atoms with Crippen molar-refractivity contribution in [1.29, 1.82) is 5.26 Å². The molecule has 0 spiro atoms. The molecule has 0 radical (unpaired) electrons. The number of anilines is 1. The number of amides is 1. The van der Waals surface area contributed by atoms with Gasteiger partial charge in [0.1, 0.15) is 17.5 Å². The van der Waals surface area contributed by atoms with E-state index in [1.807, 2.05) is 26.0 Å². The second kappa shape index (κ2) is 8.89. The summed E-state index contributed by atoms with van der Waals surface area (Å²) >= 11 is 0. The Kier molecular flexibility index (Phi) is 6.32. The van der Waals surface area contributed by atoms with E-state index in [4.69, 9.17) is 4.74 Å². The van der Waals surface area contributed by atoms with E-state index in [0.29, 0.717) is 24.9 Å². The summed E-state index contributed by atoms with van der Waals surface area (Å²) in [5.74, 6) is 0.562. The number of carbonyl (C=O) groups excluding carboxylic acids is 1. The first-order valence-corrected chi connectivity index (χ1v) is 9.73. The molecule has 1 saturated heterocycles. The van der Waals surface area contributed by atoms with Crippen molar-refractivity contribution in [2.45, 2.75) is 46.7 Å². The van der Waals surface area contributed by atoms with E-state index in [0.717, 1.165) is 42.9 Å². The smallest absolute Gasteiger partial charge is 0.267 e. The number of aryl methyl sites for hydroxylation is 1. The molecule has 7 heteroatoms. The summed E-state index contributed by atoms with van der Waals surface area (Å²) in [6, 6.07) is 5.79. The second-order valence-electron chi connectivity index (χ2n) is 7.23. The van der Waals surface area contributed by atoms with Gasteiger partial charge in [-0.05, 0) is 44.4 Å². The fraction of sp³-hybridized carbons (Fsp3) is 0.476.